The van der Waals surface area contributed by atoms with Crippen molar-refractivity contribution in [2.45, 2.75) is 32.6 Å². The van der Waals surface area contributed by atoms with Crippen molar-refractivity contribution in [2.75, 3.05) is 24.6 Å². The normalized spacial score (nSPS) is 20.0. The second kappa shape index (κ2) is 5.40. The van der Waals surface area contributed by atoms with E-state index in [-0.39, 0.29) is 6.61 Å². The number of hydrogen-bond donors (Lipinski definition) is 1. The lowest BCUT2D eigenvalue weighted by atomic mass is 9.99. The van der Waals surface area contributed by atoms with Crippen LogP contribution in [0.5, 0.6) is 0 Å². The molecule has 1 saturated heterocycles. The van der Waals surface area contributed by atoms with E-state index in [9.17, 15) is 5.11 Å². The average molecular weight is 274 g/mol. The topological polar surface area (TPSA) is 53.7 Å². The molecule has 0 saturated carbocycles. The van der Waals surface area contributed by atoms with Crippen molar-refractivity contribution in [2.24, 2.45) is 5.92 Å². The molecule has 5 heteroatoms. The highest BCUT2D eigenvalue weighted by molar-refractivity contribution is 5.69. The second-order valence-electron chi connectivity index (χ2n) is 5.94. The molecule has 0 aliphatic carbocycles. The van der Waals surface area contributed by atoms with Crippen molar-refractivity contribution in [3.05, 3.63) is 24.2 Å². The number of anilines is 1. The SMILES string of the molecule is CC(C)c1cc2c(N3CCCC(CO)C3)nccn2n1. The first-order valence-corrected chi connectivity index (χ1v) is 7.39. The summed E-state index contributed by atoms with van der Waals surface area (Å²) in [4.78, 5) is 6.84. The minimum Gasteiger partial charge on any atom is -0.396 e. The van der Waals surface area contributed by atoms with Crippen molar-refractivity contribution in [3.8, 4) is 0 Å². The van der Waals surface area contributed by atoms with Gasteiger partial charge in [0.2, 0.25) is 0 Å². The van der Waals surface area contributed by atoms with Gasteiger partial charge in [0.15, 0.2) is 5.82 Å². The van der Waals surface area contributed by atoms with Gasteiger partial charge >= 0.3 is 0 Å². The molecule has 108 valence electrons. The Kier molecular flexibility index (Phi) is 3.61. The lowest BCUT2D eigenvalue weighted by Crippen LogP contribution is -2.37. The summed E-state index contributed by atoms with van der Waals surface area (Å²) < 4.78 is 1.92. The van der Waals surface area contributed by atoms with Gasteiger partial charge in [0.05, 0.1) is 5.69 Å². The van der Waals surface area contributed by atoms with E-state index in [4.69, 9.17) is 0 Å². The molecule has 2 aromatic heterocycles. The minimum absolute atomic E-state index is 0.260. The molecule has 0 radical (unpaired) electrons. The van der Waals surface area contributed by atoms with Gasteiger partial charge in [-0.1, -0.05) is 13.8 Å². The Bertz CT molecular complexity index is 593. The summed E-state index contributed by atoms with van der Waals surface area (Å²) in [5, 5.41) is 14.0. The monoisotopic (exact) mass is 274 g/mol. The highest BCUT2D eigenvalue weighted by Crippen LogP contribution is 2.26. The van der Waals surface area contributed by atoms with Crippen molar-refractivity contribution in [1.82, 2.24) is 14.6 Å². The summed E-state index contributed by atoms with van der Waals surface area (Å²) in [5.41, 5.74) is 2.16. The predicted octanol–water partition coefficient (Wildman–Crippen LogP) is 2.06. The summed E-state index contributed by atoms with van der Waals surface area (Å²) in [5.74, 6) is 1.76. The predicted molar refractivity (Wildman–Crippen MR) is 79.1 cm³/mol. The van der Waals surface area contributed by atoms with E-state index in [2.05, 4.69) is 34.9 Å². The van der Waals surface area contributed by atoms with Crippen molar-refractivity contribution >= 4 is 11.3 Å². The Morgan fingerprint density at radius 1 is 1.45 bits per heavy atom. The number of aromatic nitrogens is 3. The van der Waals surface area contributed by atoms with Gasteiger partial charge in [-0.2, -0.15) is 5.10 Å². The highest BCUT2D eigenvalue weighted by Gasteiger charge is 2.22. The molecular formula is C15H22N4O. The lowest BCUT2D eigenvalue weighted by Gasteiger charge is -2.32. The zero-order valence-corrected chi connectivity index (χ0v) is 12.2. The van der Waals surface area contributed by atoms with Gasteiger partial charge in [0, 0.05) is 32.1 Å². The third-order valence-electron chi connectivity index (χ3n) is 4.06. The van der Waals surface area contributed by atoms with Gasteiger partial charge in [-0.25, -0.2) is 9.50 Å². The summed E-state index contributed by atoms with van der Waals surface area (Å²) in [6.45, 7) is 6.45. The largest absolute Gasteiger partial charge is 0.396 e. The van der Waals surface area contributed by atoms with Gasteiger partial charge in [0.1, 0.15) is 5.52 Å². The van der Waals surface area contributed by atoms with Gasteiger partial charge in [-0.05, 0) is 30.7 Å². The first kappa shape index (κ1) is 13.4. The number of rotatable bonds is 3. The second-order valence-corrected chi connectivity index (χ2v) is 5.94. The molecule has 0 spiro atoms. The summed E-state index contributed by atoms with van der Waals surface area (Å²) in [7, 11) is 0. The Morgan fingerprint density at radius 2 is 2.30 bits per heavy atom. The van der Waals surface area contributed by atoms with Crippen LogP contribution in [-0.4, -0.2) is 39.4 Å². The molecule has 1 N–H and O–H groups in total. The average Bonchev–Trinajstić information content (AvgIpc) is 2.91. The van der Waals surface area contributed by atoms with Crippen LogP contribution in [-0.2, 0) is 0 Å². The summed E-state index contributed by atoms with van der Waals surface area (Å²) in [6, 6.07) is 2.13. The third kappa shape index (κ3) is 2.38. The highest BCUT2D eigenvalue weighted by atomic mass is 16.3. The van der Waals surface area contributed by atoms with Gasteiger partial charge in [-0.15, -0.1) is 0 Å². The number of aliphatic hydroxyl groups excluding tert-OH is 1. The first-order valence-electron chi connectivity index (χ1n) is 7.39. The van der Waals surface area contributed by atoms with E-state index in [0.29, 0.717) is 11.8 Å². The van der Waals surface area contributed by atoms with E-state index >= 15 is 0 Å². The maximum absolute atomic E-state index is 9.38. The molecule has 1 unspecified atom stereocenters. The van der Waals surface area contributed by atoms with E-state index in [1.165, 1.54) is 0 Å². The van der Waals surface area contributed by atoms with Gasteiger partial charge in [-0.3, -0.25) is 0 Å². The minimum atomic E-state index is 0.260. The number of nitrogens with zero attached hydrogens (tertiary/aromatic N) is 4. The number of hydrogen-bond acceptors (Lipinski definition) is 4. The summed E-state index contributed by atoms with van der Waals surface area (Å²) in [6.07, 6.45) is 5.92. The zero-order chi connectivity index (χ0) is 14.1. The molecule has 0 aromatic carbocycles. The molecule has 3 heterocycles. The quantitative estimate of drug-likeness (QED) is 0.931. The first-order chi connectivity index (χ1) is 9.69. The van der Waals surface area contributed by atoms with Crippen LogP contribution in [0.15, 0.2) is 18.5 Å². The number of aliphatic hydroxyl groups is 1. The molecule has 1 aliphatic heterocycles. The number of piperidine rings is 1. The van der Waals surface area contributed by atoms with Gasteiger partial charge in [0.25, 0.3) is 0 Å². The molecule has 3 rings (SSSR count). The Labute approximate surface area is 119 Å². The smallest absolute Gasteiger partial charge is 0.154 e. The van der Waals surface area contributed by atoms with Crippen molar-refractivity contribution in [1.29, 1.82) is 0 Å². The molecule has 1 aliphatic rings. The van der Waals surface area contributed by atoms with Gasteiger partial charge < -0.3 is 10.0 Å². The third-order valence-corrected chi connectivity index (χ3v) is 4.06. The maximum Gasteiger partial charge on any atom is 0.154 e. The maximum atomic E-state index is 9.38. The van der Waals surface area contributed by atoms with Crippen LogP contribution in [0, 0.1) is 5.92 Å². The van der Waals surface area contributed by atoms with E-state index in [1.54, 1.807) is 0 Å². The van der Waals surface area contributed by atoms with E-state index in [0.717, 1.165) is 43.0 Å². The standard InChI is InChI=1S/C15H22N4O/c1-11(2)13-8-14-15(16-5-7-19(14)17-13)18-6-3-4-12(9-18)10-20/h5,7-8,11-12,20H,3-4,6,9-10H2,1-2H3. The van der Waals surface area contributed by atoms with Crippen molar-refractivity contribution in [3.63, 3.8) is 0 Å². The van der Waals surface area contributed by atoms with E-state index < -0.39 is 0 Å². The molecule has 1 fully saturated rings. The fourth-order valence-corrected chi connectivity index (χ4v) is 2.86. The fourth-order valence-electron chi connectivity index (χ4n) is 2.86. The van der Waals surface area contributed by atoms with Crippen LogP contribution in [0.2, 0.25) is 0 Å². The molecule has 1 atom stereocenters. The molecule has 5 nitrogen and oxygen atoms in total. The number of fused-ring (bicyclic) bond motifs is 1. The fraction of sp³-hybridized carbons (Fsp3) is 0.600. The Hall–Kier alpha value is -1.62. The molecule has 0 bridgehead atoms. The van der Waals surface area contributed by atoms with Crippen molar-refractivity contribution < 1.29 is 5.11 Å². The molecule has 2 aromatic rings. The van der Waals surface area contributed by atoms with E-state index in [1.807, 2.05) is 16.9 Å². The van der Waals surface area contributed by atoms with Crippen LogP contribution in [0.3, 0.4) is 0 Å². The molecule has 20 heavy (non-hydrogen) atoms. The van der Waals surface area contributed by atoms with Crippen LogP contribution in [0.25, 0.3) is 5.52 Å². The van der Waals surface area contributed by atoms with Crippen LogP contribution < -0.4 is 4.90 Å². The van der Waals surface area contributed by atoms with Crippen LogP contribution >= 0.6 is 0 Å². The Balaban J connectivity index is 1.98. The van der Waals surface area contributed by atoms with Crippen LogP contribution in [0.4, 0.5) is 5.82 Å². The molecular weight excluding hydrogens is 252 g/mol. The lowest BCUT2D eigenvalue weighted by molar-refractivity contribution is 0.208. The molecule has 0 amide bonds. The zero-order valence-electron chi connectivity index (χ0n) is 12.2. The Morgan fingerprint density at radius 3 is 3.05 bits per heavy atom. The summed E-state index contributed by atoms with van der Waals surface area (Å²) >= 11 is 0. The van der Waals surface area contributed by atoms with Crippen LogP contribution in [0.1, 0.15) is 38.3 Å².